The lowest BCUT2D eigenvalue weighted by molar-refractivity contribution is 0.397. The monoisotopic (exact) mass is 370 g/mol. The van der Waals surface area contributed by atoms with E-state index in [4.69, 9.17) is 9.47 Å². The molecular formula is C23H30O2S. The van der Waals surface area contributed by atoms with Gasteiger partial charge in [0.25, 0.3) is 0 Å². The van der Waals surface area contributed by atoms with Gasteiger partial charge in [-0.3, -0.25) is 0 Å². The largest absolute Gasteiger partial charge is 0.497 e. The predicted molar refractivity (Wildman–Crippen MR) is 113 cm³/mol. The van der Waals surface area contributed by atoms with Crippen molar-refractivity contribution in [3.05, 3.63) is 66.2 Å². The lowest BCUT2D eigenvalue weighted by atomic mass is 9.68. The van der Waals surface area contributed by atoms with Crippen molar-refractivity contribution in [2.24, 2.45) is 0 Å². The Balaban J connectivity index is 0.00000117. The number of ether oxygens (including phenoxy) is 2. The molecule has 0 fully saturated rings. The van der Waals surface area contributed by atoms with Crippen LogP contribution < -0.4 is 9.47 Å². The first-order valence-electron chi connectivity index (χ1n) is 9.18. The van der Waals surface area contributed by atoms with E-state index in [1.807, 2.05) is 31.7 Å². The number of methoxy groups -OCH3 is 2. The van der Waals surface area contributed by atoms with Gasteiger partial charge >= 0.3 is 0 Å². The third kappa shape index (κ3) is 3.93. The SMILES string of the molecule is C=CCC1c2ccc(OC)cc2SCC1(C)c1ccc(OC)cc1.CC. The van der Waals surface area contributed by atoms with Crippen LogP contribution in [0.25, 0.3) is 0 Å². The molecule has 2 aromatic carbocycles. The summed E-state index contributed by atoms with van der Waals surface area (Å²) < 4.78 is 10.7. The highest BCUT2D eigenvalue weighted by Gasteiger charge is 2.40. The maximum Gasteiger partial charge on any atom is 0.119 e. The van der Waals surface area contributed by atoms with Crippen molar-refractivity contribution in [1.29, 1.82) is 0 Å². The van der Waals surface area contributed by atoms with Crippen molar-refractivity contribution in [2.45, 2.75) is 43.4 Å². The maximum absolute atomic E-state index is 5.39. The van der Waals surface area contributed by atoms with E-state index >= 15 is 0 Å². The topological polar surface area (TPSA) is 18.5 Å². The summed E-state index contributed by atoms with van der Waals surface area (Å²) in [7, 11) is 3.43. The molecule has 2 nitrogen and oxygen atoms in total. The van der Waals surface area contributed by atoms with E-state index in [2.05, 4.69) is 56.0 Å². The van der Waals surface area contributed by atoms with Crippen molar-refractivity contribution in [3.8, 4) is 11.5 Å². The van der Waals surface area contributed by atoms with Crippen LogP contribution in [0.15, 0.2) is 60.0 Å². The van der Waals surface area contributed by atoms with Crippen LogP contribution in [0.4, 0.5) is 0 Å². The van der Waals surface area contributed by atoms with E-state index in [0.29, 0.717) is 5.92 Å². The summed E-state index contributed by atoms with van der Waals surface area (Å²) in [5.74, 6) is 3.27. The molecule has 0 aromatic heterocycles. The summed E-state index contributed by atoms with van der Waals surface area (Å²) in [6.07, 6.45) is 3.00. The molecule has 0 N–H and O–H groups in total. The second-order valence-corrected chi connectivity index (χ2v) is 7.43. The molecule has 1 aliphatic heterocycles. The average molecular weight is 371 g/mol. The smallest absolute Gasteiger partial charge is 0.119 e. The summed E-state index contributed by atoms with van der Waals surface area (Å²) >= 11 is 1.91. The third-order valence-corrected chi connectivity index (χ3v) is 6.45. The van der Waals surface area contributed by atoms with Gasteiger partial charge in [-0.2, -0.15) is 0 Å². The lowest BCUT2D eigenvalue weighted by Crippen LogP contribution is -2.36. The zero-order valence-corrected chi connectivity index (χ0v) is 17.4. The van der Waals surface area contributed by atoms with Crippen molar-refractivity contribution < 1.29 is 9.47 Å². The van der Waals surface area contributed by atoms with Crippen LogP contribution in [0, 0.1) is 0 Å². The normalized spacial score (nSPS) is 21.0. The molecule has 140 valence electrons. The number of fused-ring (bicyclic) bond motifs is 1. The summed E-state index contributed by atoms with van der Waals surface area (Å²) in [5.41, 5.74) is 2.81. The van der Waals surface area contributed by atoms with Crippen LogP contribution in [0.1, 0.15) is 44.2 Å². The molecule has 0 radical (unpaired) electrons. The van der Waals surface area contributed by atoms with Crippen LogP contribution in [0.5, 0.6) is 11.5 Å². The first kappa shape index (κ1) is 20.4. The lowest BCUT2D eigenvalue weighted by Gasteiger charge is -2.42. The highest BCUT2D eigenvalue weighted by atomic mass is 32.2. The van der Waals surface area contributed by atoms with Crippen LogP contribution in [0.3, 0.4) is 0 Å². The Kier molecular flexibility index (Phi) is 7.22. The van der Waals surface area contributed by atoms with Gasteiger partial charge < -0.3 is 9.47 Å². The fourth-order valence-corrected chi connectivity index (χ4v) is 4.94. The second-order valence-electron chi connectivity index (χ2n) is 6.42. The fourth-order valence-electron chi connectivity index (χ4n) is 3.54. The molecule has 0 bridgehead atoms. The highest BCUT2D eigenvalue weighted by molar-refractivity contribution is 7.99. The van der Waals surface area contributed by atoms with E-state index < -0.39 is 0 Å². The van der Waals surface area contributed by atoms with E-state index in [9.17, 15) is 0 Å². The first-order chi connectivity index (χ1) is 12.6. The van der Waals surface area contributed by atoms with Gasteiger partial charge in [0.05, 0.1) is 14.2 Å². The van der Waals surface area contributed by atoms with E-state index in [1.165, 1.54) is 16.0 Å². The van der Waals surface area contributed by atoms with Gasteiger partial charge in [0, 0.05) is 16.1 Å². The van der Waals surface area contributed by atoms with Gasteiger partial charge in [0.1, 0.15) is 11.5 Å². The van der Waals surface area contributed by atoms with Gasteiger partial charge in [0.15, 0.2) is 0 Å². The molecule has 1 aliphatic rings. The Labute approximate surface area is 162 Å². The standard InChI is InChI=1S/C21H24O2S.C2H6/c1-5-6-19-18-12-11-17(23-4)13-20(18)24-14-21(19,2)15-7-9-16(22-3)10-8-15;1-2/h5,7-13,19H,1,6,14H2,2-4H3;1-2H3. The molecule has 0 aliphatic carbocycles. The summed E-state index contributed by atoms with van der Waals surface area (Å²) in [6.45, 7) is 10.4. The molecular weight excluding hydrogens is 340 g/mol. The Bertz CT molecular complexity index is 723. The van der Waals surface area contributed by atoms with Crippen molar-refractivity contribution in [1.82, 2.24) is 0 Å². The zero-order valence-electron chi connectivity index (χ0n) is 16.5. The van der Waals surface area contributed by atoms with Crippen LogP contribution in [0.2, 0.25) is 0 Å². The van der Waals surface area contributed by atoms with Gasteiger partial charge in [0.2, 0.25) is 0 Å². The molecule has 1 heterocycles. The number of benzene rings is 2. The molecule has 2 unspecified atom stereocenters. The molecule has 0 spiro atoms. The van der Waals surface area contributed by atoms with E-state index in [0.717, 1.165) is 23.7 Å². The minimum atomic E-state index is 0.0622. The fraction of sp³-hybridized carbons (Fsp3) is 0.391. The van der Waals surface area contributed by atoms with Gasteiger partial charge in [-0.1, -0.05) is 45.0 Å². The van der Waals surface area contributed by atoms with Crippen molar-refractivity contribution in [2.75, 3.05) is 20.0 Å². The van der Waals surface area contributed by atoms with Crippen LogP contribution in [-0.2, 0) is 5.41 Å². The average Bonchev–Trinajstić information content (AvgIpc) is 2.71. The van der Waals surface area contributed by atoms with Crippen molar-refractivity contribution in [3.63, 3.8) is 0 Å². The van der Waals surface area contributed by atoms with E-state index in [1.54, 1.807) is 14.2 Å². The van der Waals surface area contributed by atoms with Crippen LogP contribution in [-0.4, -0.2) is 20.0 Å². The number of rotatable bonds is 5. The van der Waals surface area contributed by atoms with Crippen LogP contribution >= 0.6 is 11.8 Å². The quantitative estimate of drug-likeness (QED) is 0.563. The number of thioether (sulfide) groups is 1. The Morgan fingerprint density at radius 2 is 1.69 bits per heavy atom. The molecule has 2 atom stereocenters. The molecule has 0 amide bonds. The second kappa shape index (κ2) is 9.18. The zero-order chi connectivity index (χ0) is 19.2. The van der Waals surface area contributed by atoms with Crippen molar-refractivity contribution >= 4 is 11.8 Å². The number of allylic oxidation sites excluding steroid dienone is 1. The Morgan fingerprint density at radius 3 is 2.27 bits per heavy atom. The molecule has 3 heteroatoms. The van der Waals surface area contributed by atoms with Gasteiger partial charge in [-0.15, -0.1) is 18.3 Å². The first-order valence-corrected chi connectivity index (χ1v) is 10.2. The Morgan fingerprint density at radius 1 is 1.08 bits per heavy atom. The summed E-state index contributed by atoms with van der Waals surface area (Å²) in [6, 6.07) is 14.9. The molecule has 26 heavy (non-hydrogen) atoms. The van der Waals surface area contributed by atoms with E-state index in [-0.39, 0.29) is 5.41 Å². The third-order valence-electron chi connectivity index (χ3n) is 5.04. The minimum absolute atomic E-state index is 0.0622. The highest BCUT2D eigenvalue weighted by Crippen LogP contribution is 2.52. The minimum Gasteiger partial charge on any atom is -0.497 e. The van der Waals surface area contributed by atoms with Gasteiger partial charge in [-0.05, 0) is 47.7 Å². The number of hydrogen-bond acceptors (Lipinski definition) is 3. The molecule has 0 saturated heterocycles. The molecule has 3 rings (SSSR count). The maximum atomic E-state index is 5.39. The predicted octanol–water partition coefficient (Wildman–Crippen LogP) is 6.45. The molecule has 0 saturated carbocycles. The molecule has 2 aromatic rings. The number of hydrogen-bond donors (Lipinski definition) is 0. The summed E-state index contributed by atoms with van der Waals surface area (Å²) in [5, 5.41) is 0. The van der Waals surface area contributed by atoms with Gasteiger partial charge in [-0.25, -0.2) is 0 Å². The summed E-state index contributed by atoms with van der Waals surface area (Å²) in [4.78, 5) is 1.33. The Hall–Kier alpha value is -1.87.